The zero-order valence-corrected chi connectivity index (χ0v) is 23.0. The summed E-state index contributed by atoms with van der Waals surface area (Å²) in [6, 6.07) is 11.5. The van der Waals surface area contributed by atoms with E-state index in [0.29, 0.717) is 13.0 Å². The summed E-state index contributed by atoms with van der Waals surface area (Å²) in [7, 11) is -1.85. The molecule has 0 saturated heterocycles. The Kier molecular flexibility index (Phi) is 9.38. The van der Waals surface area contributed by atoms with Crippen LogP contribution < -0.4 is 56.7 Å². The molecule has 166 valence electrons. The van der Waals surface area contributed by atoms with Gasteiger partial charge >= 0.3 is 51.4 Å². The number of amides is 2. The average Bonchev–Trinajstić information content (AvgIpc) is 3.37. The van der Waals surface area contributed by atoms with Crippen molar-refractivity contribution in [2.75, 3.05) is 24.7 Å². The molecule has 0 heterocycles. The van der Waals surface area contributed by atoms with E-state index in [0.717, 1.165) is 50.8 Å². The van der Waals surface area contributed by atoms with Gasteiger partial charge in [0.25, 0.3) is 0 Å². The van der Waals surface area contributed by atoms with Gasteiger partial charge in [-0.25, -0.2) is 8.42 Å². The van der Waals surface area contributed by atoms with Crippen LogP contribution in [-0.4, -0.2) is 38.7 Å². The Labute approximate surface area is 234 Å². The van der Waals surface area contributed by atoms with Gasteiger partial charge in [-0.3, -0.25) is 4.79 Å². The Morgan fingerprint density at radius 2 is 1.66 bits per heavy atom. The van der Waals surface area contributed by atoms with Crippen molar-refractivity contribution in [1.82, 2.24) is 4.90 Å². The number of urea groups is 1. The van der Waals surface area contributed by atoms with E-state index in [-0.39, 0.29) is 57.1 Å². The zero-order chi connectivity index (χ0) is 21.8. The van der Waals surface area contributed by atoms with Crippen LogP contribution in [0.4, 0.5) is 10.5 Å². The van der Waals surface area contributed by atoms with Crippen LogP contribution in [0.15, 0.2) is 36.4 Å². The number of carbonyl (C=O) groups excluding carboxylic acids is 1. The van der Waals surface area contributed by atoms with E-state index in [4.69, 9.17) is 0 Å². The van der Waals surface area contributed by atoms with Crippen molar-refractivity contribution in [3.8, 4) is 0 Å². The van der Waals surface area contributed by atoms with Gasteiger partial charge in [-0.05, 0) is 92.0 Å². The van der Waals surface area contributed by atoms with E-state index in [9.17, 15) is 13.2 Å². The van der Waals surface area contributed by atoms with Crippen molar-refractivity contribution < 1.29 is 64.6 Å². The Morgan fingerprint density at radius 3 is 2.28 bits per heavy atom. The number of aryl methyl sites for hydroxylation is 2. The normalized spacial score (nSPS) is 14.6. The molecule has 0 unspecified atom stereocenters. The first kappa shape index (κ1) is 25.9. The number of hydrogen-bond donors (Lipinski definition) is 1. The summed E-state index contributed by atoms with van der Waals surface area (Å²) in [5, 5.41) is 2.84. The average molecular weight is 480 g/mol. The number of nitrogens with zero attached hydrogens (tertiary/aromatic N) is 2. The number of benzene rings is 2. The predicted molar refractivity (Wildman–Crippen MR) is 124 cm³/mol. The third-order valence-corrected chi connectivity index (χ3v) is 7.41. The molecule has 2 aromatic rings. The SMILES string of the molecule is CN(CCCS(=O)(=O)[N-]C(=O)Nc1c2c(cc3c1CCC3)CCC2)Cc1ccccc1.[K+]. The molecule has 2 aromatic carbocycles. The topological polar surface area (TPSA) is 80.6 Å². The van der Waals surface area contributed by atoms with Gasteiger partial charge in [-0.1, -0.05) is 36.4 Å². The molecule has 2 aliphatic carbocycles. The van der Waals surface area contributed by atoms with E-state index in [2.05, 4.69) is 21.0 Å². The maximum Gasteiger partial charge on any atom is 1.00 e. The van der Waals surface area contributed by atoms with Crippen LogP contribution in [0.5, 0.6) is 0 Å². The smallest absolute Gasteiger partial charge is 0.423 e. The van der Waals surface area contributed by atoms with Gasteiger partial charge in [0.15, 0.2) is 16.1 Å². The Morgan fingerprint density at radius 1 is 1.03 bits per heavy atom. The quantitative estimate of drug-likeness (QED) is 0.581. The Balaban J connectivity index is 0.00000289. The van der Waals surface area contributed by atoms with E-state index in [1.54, 1.807) is 0 Å². The van der Waals surface area contributed by atoms with E-state index < -0.39 is 16.1 Å². The molecular formula is C24H30KN3O3S. The van der Waals surface area contributed by atoms with Gasteiger partial charge in [0.2, 0.25) is 0 Å². The van der Waals surface area contributed by atoms with Gasteiger partial charge in [-0.15, -0.1) is 0 Å². The first-order valence-corrected chi connectivity index (χ1v) is 12.7. The number of hydrogen-bond acceptors (Lipinski definition) is 4. The van der Waals surface area contributed by atoms with Gasteiger partial charge in [-0.2, -0.15) is 0 Å². The largest absolute Gasteiger partial charge is 1.00 e. The predicted octanol–water partition coefficient (Wildman–Crippen LogP) is 1.43. The summed E-state index contributed by atoms with van der Waals surface area (Å²) >= 11 is 0. The standard InChI is InChI=1S/C24H31N3O3S.K/c1-27(17-18-8-3-2-4-9-18)14-7-15-31(29,30)26-24(28)25-23-21-12-5-10-19(21)16-20-11-6-13-22(20)23;/h2-4,8-9,16H,5-7,10-15,17H2,1H3,(H2,25,26,28);/q;+1/p-1. The van der Waals surface area contributed by atoms with Gasteiger partial charge in [0.1, 0.15) is 0 Å². The summed E-state index contributed by atoms with van der Waals surface area (Å²) in [6.45, 7) is 1.37. The van der Waals surface area contributed by atoms with Crippen molar-refractivity contribution in [2.24, 2.45) is 0 Å². The summed E-state index contributed by atoms with van der Waals surface area (Å²) < 4.78 is 28.3. The van der Waals surface area contributed by atoms with Crippen molar-refractivity contribution >= 4 is 21.7 Å². The molecule has 0 spiro atoms. The number of nitrogens with one attached hydrogen (secondary N) is 1. The van der Waals surface area contributed by atoms with Crippen molar-refractivity contribution in [2.45, 2.75) is 51.5 Å². The number of anilines is 1. The first-order valence-electron chi connectivity index (χ1n) is 11.1. The van der Waals surface area contributed by atoms with Gasteiger partial charge < -0.3 is 14.9 Å². The van der Waals surface area contributed by atoms with Crippen LogP contribution in [0, 0.1) is 0 Å². The number of fused-ring (bicyclic) bond motifs is 2. The minimum atomic E-state index is -3.81. The summed E-state index contributed by atoms with van der Waals surface area (Å²) in [5.41, 5.74) is 6.93. The molecule has 0 atom stereocenters. The summed E-state index contributed by atoms with van der Waals surface area (Å²) in [6.07, 6.45) is 6.49. The number of sulfonamides is 1. The third kappa shape index (κ3) is 6.65. The van der Waals surface area contributed by atoms with Crippen molar-refractivity contribution in [3.63, 3.8) is 0 Å². The van der Waals surface area contributed by atoms with E-state index in [1.807, 2.05) is 37.4 Å². The second kappa shape index (κ2) is 11.6. The third-order valence-electron chi connectivity index (χ3n) is 6.16. The van der Waals surface area contributed by atoms with E-state index in [1.165, 1.54) is 27.8 Å². The minimum absolute atomic E-state index is 0. The van der Waals surface area contributed by atoms with Gasteiger partial charge in [0.05, 0.1) is 5.75 Å². The molecule has 0 aliphatic heterocycles. The summed E-state index contributed by atoms with van der Waals surface area (Å²) in [5.74, 6) is -0.134. The number of rotatable bonds is 8. The molecule has 8 heteroatoms. The maximum atomic E-state index is 12.5. The van der Waals surface area contributed by atoms with E-state index >= 15 is 0 Å². The fourth-order valence-electron chi connectivity index (χ4n) is 4.76. The molecule has 0 aromatic heterocycles. The van der Waals surface area contributed by atoms with Crippen LogP contribution in [0.25, 0.3) is 4.72 Å². The van der Waals surface area contributed by atoms with Crippen LogP contribution in [0.1, 0.15) is 47.1 Å². The Hall–Kier alpha value is -0.744. The second-order valence-electron chi connectivity index (χ2n) is 8.62. The summed E-state index contributed by atoms with van der Waals surface area (Å²) in [4.78, 5) is 14.6. The molecule has 1 N–H and O–H groups in total. The molecule has 6 nitrogen and oxygen atoms in total. The molecular weight excluding hydrogens is 449 g/mol. The fourth-order valence-corrected chi connectivity index (χ4v) is 5.64. The molecule has 0 saturated carbocycles. The van der Waals surface area contributed by atoms with Crippen LogP contribution in [-0.2, 0) is 42.3 Å². The van der Waals surface area contributed by atoms with Crippen molar-refractivity contribution in [3.05, 3.63) is 68.9 Å². The van der Waals surface area contributed by atoms with Gasteiger partial charge in [0, 0.05) is 6.54 Å². The monoisotopic (exact) mass is 479 g/mol. The molecule has 0 bridgehead atoms. The zero-order valence-electron chi connectivity index (χ0n) is 19.1. The maximum absolute atomic E-state index is 12.5. The molecule has 2 amide bonds. The minimum Gasteiger partial charge on any atom is -0.423 e. The van der Waals surface area contributed by atoms with Crippen molar-refractivity contribution in [1.29, 1.82) is 0 Å². The second-order valence-corrected chi connectivity index (χ2v) is 10.4. The van der Waals surface area contributed by atoms with Crippen LogP contribution >= 0.6 is 0 Å². The van der Waals surface area contributed by atoms with Crippen LogP contribution in [0.2, 0.25) is 0 Å². The fraction of sp³-hybridized carbons (Fsp3) is 0.458. The molecule has 0 radical (unpaired) electrons. The molecule has 4 rings (SSSR count). The first-order chi connectivity index (χ1) is 14.9. The molecule has 0 fully saturated rings. The number of carbonyl (C=O) groups is 1. The van der Waals surface area contributed by atoms with Crippen LogP contribution in [0.3, 0.4) is 0 Å². The molecule has 2 aliphatic rings. The Bertz CT molecular complexity index is 1030. The molecule has 32 heavy (non-hydrogen) atoms.